The molecule has 1 heterocycles. The molecule has 0 aliphatic carbocycles. The maximum atomic E-state index is 6.60. The van der Waals surface area contributed by atoms with Crippen molar-refractivity contribution in [2.24, 2.45) is 11.7 Å². The highest BCUT2D eigenvalue weighted by Crippen LogP contribution is 2.28. The van der Waals surface area contributed by atoms with Crippen LogP contribution in [0.15, 0.2) is 30.3 Å². The van der Waals surface area contributed by atoms with Crippen molar-refractivity contribution >= 4 is 0 Å². The first-order chi connectivity index (χ1) is 9.50. The maximum absolute atomic E-state index is 6.60. The van der Waals surface area contributed by atoms with Gasteiger partial charge in [-0.25, -0.2) is 0 Å². The quantitative estimate of drug-likeness (QED) is 0.919. The zero-order chi connectivity index (χ0) is 14.7. The molecule has 1 aromatic carbocycles. The van der Waals surface area contributed by atoms with Crippen LogP contribution in [0.25, 0.3) is 0 Å². The fourth-order valence-corrected chi connectivity index (χ4v) is 3.22. The molecule has 1 saturated heterocycles. The van der Waals surface area contributed by atoms with E-state index in [4.69, 9.17) is 10.5 Å². The standard InChI is InChI=1S/C17H28N2O/c1-12(2)17(16(18)15-8-6-5-7-9-15)19-10-14(4)20-11-13(19)3/h5-9,12-14,16-17H,10-11,18H2,1-4H3. The highest BCUT2D eigenvalue weighted by atomic mass is 16.5. The number of nitrogens with zero attached hydrogens (tertiary/aromatic N) is 1. The second-order valence-electron chi connectivity index (χ2n) is 6.36. The van der Waals surface area contributed by atoms with Crippen molar-refractivity contribution in [3.05, 3.63) is 35.9 Å². The van der Waals surface area contributed by atoms with E-state index in [9.17, 15) is 0 Å². The Morgan fingerprint density at radius 3 is 2.45 bits per heavy atom. The van der Waals surface area contributed by atoms with Crippen molar-refractivity contribution in [1.82, 2.24) is 4.90 Å². The molecule has 1 aliphatic rings. The summed E-state index contributed by atoms with van der Waals surface area (Å²) in [5.41, 5.74) is 7.82. The van der Waals surface area contributed by atoms with Gasteiger partial charge >= 0.3 is 0 Å². The van der Waals surface area contributed by atoms with Crippen LogP contribution in [0.1, 0.15) is 39.3 Å². The lowest BCUT2D eigenvalue weighted by atomic mass is 9.89. The predicted octanol–water partition coefficient (Wildman–Crippen LogP) is 2.82. The number of hydrogen-bond acceptors (Lipinski definition) is 3. The highest BCUT2D eigenvalue weighted by molar-refractivity contribution is 5.20. The van der Waals surface area contributed by atoms with Crippen LogP contribution in [0.2, 0.25) is 0 Å². The van der Waals surface area contributed by atoms with Crippen LogP contribution in [0.5, 0.6) is 0 Å². The first kappa shape index (κ1) is 15.5. The van der Waals surface area contributed by atoms with Crippen LogP contribution in [0.4, 0.5) is 0 Å². The van der Waals surface area contributed by atoms with Crippen LogP contribution in [0, 0.1) is 5.92 Å². The summed E-state index contributed by atoms with van der Waals surface area (Å²) in [6.07, 6.45) is 0.287. The largest absolute Gasteiger partial charge is 0.376 e. The lowest BCUT2D eigenvalue weighted by Crippen LogP contribution is -2.56. The molecule has 0 radical (unpaired) electrons. The minimum Gasteiger partial charge on any atom is -0.376 e. The van der Waals surface area contributed by atoms with E-state index in [0.717, 1.165) is 13.2 Å². The fraction of sp³-hybridized carbons (Fsp3) is 0.647. The van der Waals surface area contributed by atoms with Crippen molar-refractivity contribution in [3.8, 4) is 0 Å². The Bertz CT molecular complexity index is 407. The van der Waals surface area contributed by atoms with Gasteiger partial charge in [-0.15, -0.1) is 0 Å². The molecule has 0 amide bonds. The Morgan fingerprint density at radius 2 is 1.85 bits per heavy atom. The summed E-state index contributed by atoms with van der Waals surface area (Å²) in [6.45, 7) is 10.7. The molecule has 3 nitrogen and oxygen atoms in total. The van der Waals surface area contributed by atoms with Crippen molar-refractivity contribution in [2.45, 2.75) is 51.9 Å². The number of hydrogen-bond donors (Lipinski definition) is 1. The Balaban J connectivity index is 2.22. The fourth-order valence-electron chi connectivity index (χ4n) is 3.22. The van der Waals surface area contributed by atoms with E-state index in [1.54, 1.807) is 0 Å². The van der Waals surface area contributed by atoms with Gasteiger partial charge in [-0.05, 0) is 25.3 Å². The van der Waals surface area contributed by atoms with Gasteiger partial charge in [-0.3, -0.25) is 4.90 Å². The van der Waals surface area contributed by atoms with Gasteiger partial charge in [0.15, 0.2) is 0 Å². The molecule has 20 heavy (non-hydrogen) atoms. The molecule has 1 fully saturated rings. The van der Waals surface area contributed by atoms with Crippen molar-refractivity contribution < 1.29 is 4.74 Å². The molecule has 0 saturated carbocycles. The summed E-state index contributed by atoms with van der Waals surface area (Å²) in [5, 5.41) is 0. The van der Waals surface area contributed by atoms with Crippen LogP contribution < -0.4 is 5.73 Å². The molecule has 4 atom stereocenters. The first-order valence-corrected chi connectivity index (χ1v) is 7.68. The SMILES string of the molecule is CC1CN(C(C(C)C)C(N)c2ccccc2)C(C)CO1. The average Bonchev–Trinajstić information content (AvgIpc) is 2.43. The van der Waals surface area contributed by atoms with Gasteiger partial charge in [0.1, 0.15) is 0 Å². The zero-order valence-corrected chi connectivity index (χ0v) is 13.1. The van der Waals surface area contributed by atoms with E-state index in [0.29, 0.717) is 18.0 Å². The smallest absolute Gasteiger partial charge is 0.0674 e. The summed E-state index contributed by atoms with van der Waals surface area (Å²) in [4.78, 5) is 2.54. The normalized spacial score (nSPS) is 27.5. The van der Waals surface area contributed by atoms with Crippen LogP contribution in [-0.2, 0) is 4.74 Å². The molecule has 0 aromatic heterocycles. The predicted molar refractivity (Wildman–Crippen MR) is 83.6 cm³/mol. The van der Waals surface area contributed by atoms with Crippen LogP contribution in [0.3, 0.4) is 0 Å². The molecule has 112 valence electrons. The second kappa shape index (κ2) is 6.70. The van der Waals surface area contributed by atoms with Crippen molar-refractivity contribution in [2.75, 3.05) is 13.2 Å². The molecule has 4 unspecified atom stereocenters. The molecule has 2 N–H and O–H groups in total. The number of rotatable bonds is 4. The van der Waals surface area contributed by atoms with Crippen molar-refractivity contribution in [3.63, 3.8) is 0 Å². The molecule has 1 aromatic rings. The molecule has 0 spiro atoms. The van der Waals surface area contributed by atoms with E-state index >= 15 is 0 Å². The van der Waals surface area contributed by atoms with E-state index in [-0.39, 0.29) is 12.1 Å². The van der Waals surface area contributed by atoms with Gasteiger partial charge < -0.3 is 10.5 Å². The van der Waals surface area contributed by atoms with Gasteiger partial charge in [-0.2, -0.15) is 0 Å². The van der Waals surface area contributed by atoms with E-state index < -0.39 is 0 Å². The van der Waals surface area contributed by atoms with Crippen molar-refractivity contribution in [1.29, 1.82) is 0 Å². The number of benzene rings is 1. The first-order valence-electron chi connectivity index (χ1n) is 7.68. The zero-order valence-electron chi connectivity index (χ0n) is 13.1. The van der Waals surface area contributed by atoms with E-state index in [1.165, 1.54) is 5.56 Å². The summed E-state index contributed by atoms with van der Waals surface area (Å²) in [6, 6.07) is 11.3. The number of nitrogens with two attached hydrogens (primary N) is 1. The summed E-state index contributed by atoms with van der Waals surface area (Å²) >= 11 is 0. The Hall–Kier alpha value is -0.900. The second-order valence-corrected chi connectivity index (χ2v) is 6.36. The van der Waals surface area contributed by atoms with Gasteiger partial charge in [0, 0.05) is 24.7 Å². The Morgan fingerprint density at radius 1 is 1.20 bits per heavy atom. The number of ether oxygens (including phenoxy) is 1. The van der Waals surface area contributed by atoms with Gasteiger partial charge in [0.2, 0.25) is 0 Å². The average molecular weight is 276 g/mol. The molecule has 2 rings (SSSR count). The lowest BCUT2D eigenvalue weighted by molar-refractivity contribution is -0.0774. The van der Waals surface area contributed by atoms with Crippen LogP contribution in [-0.4, -0.2) is 36.2 Å². The minimum absolute atomic E-state index is 0.0453. The topological polar surface area (TPSA) is 38.5 Å². The third kappa shape index (κ3) is 3.40. The lowest BCUT2D eigenvalue weighted by Gasteiger charge is -2.46. The summed E-state index contributed by atoms with van der Waals surface area (Å²) in [5.74, 6) is 0.512. The molecular weight excluding hydrogens is 248 g/mol. The van der Waals surface area contributed by atoms with Gasteiger partial charge in [0.25, 0.3) is 0 Å². The Kier molecular flexibility index (Phi) is 5.19. The third-order valence-corrected chi connectivity index (χ3v) is 4.27. The summed E-state index contributed by atoms with van der Waals surface area (Å²) in [7, 11) is 0. The van der Waals surface area contributed by atoms with Crippen LogP contribution >= 0.6 is 0 Å². The molecular formula is C17H28N2O. The summed E-state index contributed by atoms with van der Waals surface area (Å²) < 4.78 is 5.75. The van der Waals surface area contributed by atoms with Gasteiger partial charge in [-0.1, -0.05) is 44.2 Å². The number of morpholine rings is 1. The third-order valence-electron chi connectivity index (χ3n) is 4.27. The monoisotopic (exact) mass is 276 g/mol. The van der Waals surface area contributed by atoms with E-state index in [1.807, 2.05) is 6.07 Å². The maximum Gasteiger partial charge on any atom is 0.0674 e. The highest BCUT2D eigenvalue weighted by Gasteiger charge is 2.35. The molecule has 3 heteroatoms. The molecule has 0 bridgehead atoms. The minimum atomic E-state index is 0.0453. The van der Waals surface area contributed by atoms with Gasteiger partial charge in [0.05, 0.1) is 12.7 Å². The Labute approximate surface area is 123 Å². The van der Waals surface area contributed by atoms with E-state index in [2.05, 4.69) is 56.9 Å². The molecule has 1 aliphatic heterocycles.